The number of likely N-dealkylation sites (N-methyl/N-ethyl adjacent to an activating group) is 1. The van der Waals surface area contributed by atoms with Crippen LogP contribution in [0, 0.1) is 0 Å². The molecule has 0 aliphatic heterocycles. The molecule has 0 unspecified atom stereocenters. The van der Waals surface area contributed by atoms with E-state index in [2.05, 4.69) is 37.7 Å². The summed E-state index contributed by atoms with van der Waals surface area (Å²) in [6, 6.07) is 9.94. The first-order valence-electron chi connectivity index (χ1n) is 7.68. The van der Waals surface area contributed by atoms with Crippen molar-refractivity contribution < 1.29 is 0 Å². The lowest BCUT2D eigenvalue weighted by atomic mass is 10.3. The molecule has 0 fully saturated rings. The van der Waals surface area contributed by atoms with Crippen LogP contribution >= 0.6 is 11.8 Å². The van der Waals surface area contributed by atoms with E-state index >= 15 is 0 Å². The van der Waals surface area contributed by atoms with Crippen LogP contribution in [0.25, 0.3) is 5.69 Å². The number of para-hydroxylation sites is 1. The summed E-state index contributed by atoms with van der Waals surface area (Å²) in [7, 11) is 4.06. The summed E-state index contributed by atoms with van der Waals surface area (Å²) in [5.41, 5.74) is 1.88. The van der Waals surface area contributed by atoms with Gasteiger partial charge in [0.1, 0.15) is 0 Å². The van der Waals surface area contributed by atoms with Crippen LogP contribution in [0.2, 0.25) is 0 Å². The molecule has 8 nitrogen and oxygen atoms in total. The van der Waals surface area contributed by atoms with Gasteiger partial charge in [-0.3, -0.25) is 0 Å². The highest BCUT2D eigenvalue weighted by molar-refractivity contribution is 7.99. The van der Waals surface area contributed by atoms with Crippen molar-refractivity contribution in [2.24, 2.45) is 0 Å². The molecule has 0 radical (unpaired) electrons. The molecule has 3 aromatic rings. The van der Waals surface area contributed by atoms with Crippen LogP contribution in [0.3, 0.4) is 0 Å². The van der Waals surface area contributed by atoms with Gasteiger partial charge < -0.3 is 4.90 Å². The molecule has 2 heterocycles. The first-order valence-corrected chi connectivity index (χ1v) is 8.56. The van der Waals surface area contributed by atoms with Crippen molar-refractivity contribution >= 4 is 11.8 Å². The fourth-order valence-corrected chi connectivity index (χ4v) is 2.98. The number of hydrogen-bond acceptors (Lipinski definition) is 7. The number of thioether (sulfide) groups is 1. The van der Waals surface area contributed by atoms with Crippen molar-refractivity contribution in [1.82, 2.24) is 40.1 Å². The maximum Gasteiger partial charge on any atom is 0.209 e. The highest BCUT2D eigenvalue weighted by Gasteiger charge is 2.17. The number of hydrogen-bond donors (Lipinski definition) is 0. The van der Waals surface area contributed by atoms with E-state index in [-0.39, 0.29) is 5.25 Å². The smallest absolute Gasteiger partial charge is 0.209 e. The van der Waals surface area contributed by atoms with Gasteiger partial charge in [0.05, 0.1) is 29.4 Å². The van der Waals surface area contributed by atoms with Crippen LogP contribution in [-0.2, 0) is 6.54 Å². The molecule has 0 aliphatic carbocycles. The van der Waals surface area contributed by atoms with Crippen molar-refractivity contribution in [2.45, 2.75) is 23.9 Å². The van der Waals surface area contributed by atoms with Crippen molar-refractivity contribution in [3.8, 4) is 5.69 Å². The molecule has 24 heavy (non-hydrogen) atoms. The lowest BCUT2D eigenvalue weighted by Gasteiger charge is -2.11. The molecule has 1 atom stereocenters. The Morgan fingerprint density at radius 1 is 1.12 bits per heavy atom. The van der Waals surface area contributed by atoms with Gasteiger partial charge in [-0.25, -0.2) is 9.36 Å². The molecule has 0 saturated carbocycles. The highest BCUT2D eigenvalue weighted by Crippen LogP contribution is 2.32. The number of aromatic nitrogens is 7. The van der Waals surface area contributed by atoms with Gasteiger partial charge in [0, 0.05) is 6.54 Å². The van der Waals surface area contributed by atoms with Crippen LogP contribution in [0.15, 0.2) is 41.7 Å². The lowest BCUT2D eigenvalue weighted by molar-refractivity contribution is 0.361. The second-order valence-corrected chi connectivity index (χ2v) is 6.98. The zero-order valence-corrected chi connectivity index (χ0v) is 14.8. The quantitative estimate of drug-likeness (QED) is 0.603. The molecule has 0 spiro atoms. The molecule has 9 heteroatoms. The molecular weight excluding hydrogens is 324 g/mol. The van der Waals surface area contributed by atoms with E-state index in [1.54, 1.807) is 16.4 Å². The zero-order valence-electron chi connectivity index (χ0n) is 13.9. The van der Waals surface area contributed by atoms with E-state index in [0.717, 1.165) is 29.6 Å². The molecule has 2 aromatic heterocycles. The van der Waals surface area contributed by atoms with Crippen molar-refractivity contribution in [3.05, 3.63) is 42.2 Å². The monoisotopic (exact) mass is 344 g/mol. The van der Waals surface area contributed by atoms with E-state index in [0.29, 0.717) is 0 Å². The third-order valence-electron chi connectivity index (χ3n) is 3.49. The van der Waals surface area contributed by atoms with Crippen LogP contribution in [-0.4, -0.2) is 60.7 Å². The van der Waals surface area contributed by atoms with Crippen LogP contribution < -0.4 is 0 Å². The predicted molar refractivity (Wildman–Crippen MR) is 92.0 cm³/mol. The molecular formula is C15H20N8S. The lowest BCUT2D eigenvalue weighted by Crippen LogP contribution is -2.19. The summed E-state index contributed by atoms with van der Waals surface area (Å²) in [5, 5.41) is 21.3. The van der Waals surface area contributed by atoms with Gasteiger partial charge in [-0.1, -0.05) is 35.2 Å². The van der Waals surface area contributed by atoms with E-state index in [1.165, 1.54) is 0 Å². The Kier molecular flexibility index (Phi) is 5.21. The summed E-state index contributed by atoms with van der Waals surface area (Å²) >= 11 is 1.58. The predicted octanol–water partition coefficient (Wildman–Crippen LogP) is 1.67. The second-order valence-electron chi connectivity index (χ2n) is 5.67. The minimum atomic E-state index is 0.103. The molecule has 1 aromatic carbocycles. The van der Waals surface area contributed by atoms with Gasteiger partial charge >= 0.3 is 0 Å². The summed E-state index contributed by atoms with van der Waals surface area (Å²) in [6.07, 6.45) is 1.95. The Labute approximate surface area is 144 Å². The van der Waals surface area contributed by atoms with Gasteiger partial charge in [0.2, 0.25) is 5.16 Å². The summed E-state index contributed by atoms with van der Waals surface area (Å²) in [5.74, 6) is 0. The van der Waals surface area contributed by atoms with E-state index in [4.69, 9.17) is 0 Å². The molecule has 0 bridgehead atoms. The third kappa shape index (κ3) is 3.98. The van der Waals surface area contributed by atoms with E-state index in [1.807, 2.05) is 55.3 Å². The third-order valence-corrected chi connectivity index (χ3v) is 4.59. The Morgan fingerprint density at radius 2 is 1.92 bits per heavy atom. The van der Waals surface area contributed by atoms with Gasteiger partial charge in [0.15, 0.2) is 0 Å². The van der Waals surface area contributed by atoms with Crippen molar-refractivity contribution in [1.29, 1.82) is 0 Å². The first-order chi connectivity index (χ1) is 11.6. The van der Waals surface area contributed by atoms with Gasteiger partial charge in [-0.05, 0) is 43.6 Å². The second kappa shape index (κ2) is 7.54. The number of nitrogens with zero attached hydrogens (tertiary/aromatic N) is 8. The zero-order chi connectivity index (χ0) is 16.9. The van der Waals surface area contributed by atoms with E-state index in [9.17, 15) is 0 Å². The van der Waals surface area contributed by atoms with Crippen LogP contribution in [0.4, 0.5) is 0 Å². The fourth-order valence-electron chi connectivity index (χ4n) is 2.10. The maximum atomic E-state index is 4.28. The molecule has 0 N–H and O–H groups in total. The SMILES string of the molecule is C[C@H](Sc1nnnn1CCN(C)C)c1cn(-c2ccccc2)nn1. The normalized spacial score (nSPS) is 12.7. The maximum absolute atomic E-state index is 4.28. The Morgan fingerprint density at radius 3 is 2.67 bits per heavy atom. The average Bonchev–Trinajstić information content (AvgIpc) is 3.23. The van der Waals surface area contributed by atoms with Crippen molar-refractivity contribution in [3.63, 3.8) is 0 Å². The van der Waals surface area contributed by atoms with E-state index < -0.39 is 0 Å². The molecule has 0 saturated heterocycles. The van der Waals surface area contributed by atoms with Gasteiger partial charge in [-0.2, -0.15) is 0 Å². The topological polar surface area (TPSA) is 77.5 Å². The summed E-state index contributed by atoms with van der Waals surface area (Å²) in [4.78, 5) is 2.10. The first kappa shape index (κ1) is 16.6. The molecule has 126 valence electrons. The number of tetrazole rings is 1. The Hall–Kier alpha value is -2.26. The number of benzene rings is 1. The number of rotatable bonds is 7. The Balaban J connectivity index is 1.69. The largest absolute Gasteiger partial charge is 0.308 e. The Bertz CT molecular complexity index is 767. The molecule has 0 amide bonds. The fraction of sp³-hybridized carbons (Fsp3) is 0.400. The minimum absolute atomic E-state index is 0.103. The van der Waals surface area contributed by atoms with Crippen LogP contribution in [0.1, 0.15) is 17.9 Å². The highest BCUT2D eigenvalue weighted by atomic mass is 32.2. The van der Waals surface area contributed by atoms with Crippen molar-refractivity contribution in [2.75, 3.05) is 20.6 Å². The van der Waals surface area contributed by atoms with Gasteiger partial charge in [-0.15, -0.1) is 10.2 Å². The minimum Gasteiger partial charge on any atom is -0.308 e. The standard InChI is InChI=1S/C15H20N8S/c1-12(24-15-17-18-20-22(15)10-9-21(2)3)14-11-23(19-16-14)13-7-5-4-6-8-13/h4-8,11-12H,9-10H2,1-3H3/t12-/m0/s1. The summed E-state index contributed by atoms with van der Waals surface area (Å²) in [6.45, 7) is 3.72. The molecule has 0 aliphatic rings. The average molecular weight is 344 g/mol. The molecule has 3 rings (SSSR count). The van der Waals surface area contributed by atoms with Crippen LogP contribution in [0.5, 0.6) is 0 Å². The van der Waals surface area contributed by atoms with Gasteiger partial charge in [0.25, 0.3) is 0 Å². The summed E-state index contributed by atoms with van der Waals surface area (Å²) < 4.78 is 3.60.